The molecule has 0 saturated heterocycles. The maximum absolute atomic E-state index is 5.97. The highest BCUT2D eigenvalue weighted by molar-refractivity contribution is 6.21. The molecule has 0 fully saturated rings. The summed E-state index contributed by atoms with van der Waals surface area (Å²) in [7, 11) is 0. The SMILES string of the molecule is CCCn1cc(C2=NOC(C(C)Cl)C2)cn1. The first-order chi connectivity index (χ1) is 7.70. The molecule has 5 heteroatoms. The van der Waals surface area contributed by atoms with Crippen LogP contribution in [0.2, 0.25) is 0 Å². The van der Waals surface area contributed by atoms with Gasteiger partial charge >= 0.3 is 0 Å². The first-order valence-electron chi connectivity index (χ1n) is 5.60. The van der Waals surface area contributed by atoms with Crippen LogP contribution in [-0.4, -0.2) is 27.0 Å². The van der Waals surface area contributed by atoms with E-state index in [0.29, 0.717) is 0 Å². The maximum Gasteiger partial charge on any atom is 0.149 e. The van der Waals surface area contributed by atoms with E-state index in [0.717, 1.165) is 30.7 Å². The van der Waals surface area contributed by atoms with Gasteiger partial charge in [-0.05, 0) is 13.3 Å². The fourth-order valence-corrected chi connectivity index (χ4v) is 1.81. The molecule has 1 aromatic rings. The van der Waals surface area contributed by atoms with E-state index in [2.05, 4.69) is 17.2 Å². The van der Waals surface area contributed by atoms with E-state index in [1.54, 1.807) is 0 Å². The highest BCUT2D eigenvalue weighted by atomic mass is 35.5. The number of hydrogen-bond donors (Lipinski definition) is 0. The summed E-state index contributed by atoms with van der Waals surface area (Å²) in [6.07, 6.45) is 5.67. The average Bonchev–Trinajstić information content (AvgIpc) is 2.84. The summed E-state index contributed by atoms with van der Waals surface area (Å²) >= 11 is 5.97. The molecule has 0 spiro atoms. The summed E-state index contributed by atoms with van der Waals surface area (Å²) < 4.78 is 1.93. The molecule has 16 heavy (non-hydrogen) atoms. The lowest BCUT2D eigenvalue weighted by atomic mass is 10.1. The Morgan fingerprint density at radius 2 is 2.50 bits per heavy atom. The van der Waals surface area contributed by atoms with Crippen molar-refractivity contribution in [1.29, 1.82) is 0 Å². The molecule has 0 radical (unpaired) electrons. The third kappa shape index (κ3) is 2.38. The van der Waals surface area contributed by atoms with E-state index < -0.39 is 0 Å². The quantitative estimate of drug-likeness (QED) is 0.760. The van der Waals surface area contributed by atoms with Crippen LogP contribution in [0.25, 0.3) is 0 Å². The lowest BCUT2D eigenvalue weighted by Gasteiger charge is -2.08. The molecule has 0 saturated carbocycles. The normalized spacial score (nSPS) is 21.7. The van der Waals surface area contributed by atoms with Crippen LogP contribution in [0.4, 0.5) is 0 Å². The number of alkyl halides is 1. The van der Waals surface area contributed by atoms with Gasteiger partial charge < -0.3 is 4.84 Å². The van der Waals surface area contributed by atoms with Crippen molar-refractivity contribution in [3.63, 3.8) is 0 Å². The summed E-state index contributed by atoms with van der Waals surface area (Å²) in [5.41, 5.74) is 1.98. The Morgan fingerprint density at radius 3 is 3.12 bits per heavy atom. The minimum absolute atomic E-state index is 0.00816. The van der Waals surface area contributed by atoms with E-state index in [1.807, 2.05) is 24.0 Å². The van der Waals surface area contributed by atoms with E-state index in [9.17, 15) is 0 Å². The largest absolute Gasteiger partial charge is 0.390 e. The van der Waals surface area contributed by atoms with Gasteiger partial charge in [-0.15, -0.1) is 11.6 Å². The van der Waals surface area contributed by atoms with Gasteiger partial charge in [0.05, 0.1) is 17.3 Å². The molecule has 0 amide bonds. The second-order valence-electron chi connectivity index (χ2n) is 4.06. The Bertz CT molecular complexity index is 386. The standard InChI is InChI=1S/C11H16ClN3O/c1-3-4-15-7-9(6-13-15)10-5-11(8(2)12)16-14-10/h6-8,11H,3-5H2,1-2H3. The van der Waals surface area contributed by atoms with Gasteiger partial charge in [-0.2, -0.15) is 5.10 Å². The molecule has 0 aliphatic carbocycles. The van der Waals surface area contributed by atoms with Gasteiger partial charge in [0.25, 0.3) is 0 Å². The van der Waals surface area contributed by atoms with E-state index in [1.165, 1.54) is 0 Å². The van der Waals surface area contributed by atoms with Gasteiger partial charge in [0.15, 0.2) is 0 Å². The Kier molecular flexibility index (Phi) is 3.49. The molecule has 2 unspecified atom stereocenters. The van der Waals surface area contributed by atoms with Crippen LogP contribution in [0.15, 0.2) is 17.5 Å². The lowest BCUT2D eigenvalue weighted by Crippen LogP contribution is -2.18. The second-order valence-corrected chi connectivity index (χ2v) is 4.74. The molecule has 2 atom stereocenters. The molecular formula is C11H16ClN3O. The fraction of sp³-hybridized carbons (Fsp3) is 0.636. The van der Waals surface area contributed by atoms with Gasteiger partial charge in [0.2, 0.25) is 0 Å². The first-order valence-corrected chi connectivity index (χ1v) is 6.04. The molecule has 0 N–H and O–H groups in total. The van der Waals surface area contributed by atoms with E-state index in [4.69, 9.17) is 16.4 Å². The molecule has 2 rings (SSSR count). The number of halogens is 1. The number of aromatic nitrogens is 2. The zero-order valence-electron chi connectivity index (χ0n) is 9.56. The van der Waals surface area contributed by atoms with Gasteiger partial charge in [-0.1, -0.05) is 12.1 Å². The molecule has 4 nitrogen and oxygen atoms in total. The van der Waals surface area contributed by atoms with Crippen molar-refractivity contribution in [2.24, 2.45) is 5.16 Å². The average molecular weight is 242 g/mol. The van der Waals surface area contributed by atoms with Crippen LogP contribution >= 0.6 is 11.6 Å². The number of hydrogen-bond acceptors (Lipinski definition) is 3. The number of rotatable bonds is 4. The molecule has 1 aliphatic heterocycles. The van der Waals surface area contributed by atoms with Crippen LogP contribution in [0.5, 0.6) is 0 Å². The zero-order chi connectivity index (χ0) is 11.5. The monoisotopic (exact) mass is 241 g/mol. The number of aryl methyl sites for hydroxylation is 1. The summed E-state index contributed by atoms with van der Waals surface area (Å²) in [5.74, 6) is 0. The van der Waals surface area contributed by atoms with Gasteiger partial charge in [-0.25, -0.2) is 0 Å². The van der Waals surface area contributed by atoms with Crippen molar-refractivity contribution in [3.8, 4) is 0 Å². The first kappa shape index (κ1) is 11.5. The van der Waals surface area contributed by atoms with E-state index in [-0.39, 0.29) is 11.5 Å². The summed E-state index contributed by atoms with van der Waals surface area (Å²) in [4.78, 5) is 5.27. The van der Waals surface area contributed by atoms with Crippen LogP contribution in [-0.2, 0) is 11.4 Å². The van der Waals surface area contributed by atoms with Crippen molar-refractivity contribution in [3.05, 3.63) is 18.0 Å². The predicted molar refractivity (Wildman–Crippen MR) is 63.9 cm³/mol. The predicted octanol–water partition coefficient (Wildman–Crippen LogP) is 2.41. The molecule has 2 heterocycles. The van der Waals surface area contributed by atoms with Crippen molar-refractivity contribution in [2.45, 2.75) is 44.7 Å². The minimum atomic E-state index is -0.0214. The van der Waals surface area contributed by atoms with Gasteiger partial charge in [0.1, 0.15) is 6.10 Å². The van der Waals surface area contributed by atoms with Crippen molar-refractivity contribution >= 4 is 17.3 Å². The van der Waals surface area contributed by atoms with Crippen molar-refractivity contribution < 1.29 is 4.84 Å². The third-order valence-corrected chi connectivity index (χ3v) is 2.91. The van der Waals surface area contributed by atoms with Gasteiger partial charge in [-0.3, -0.25) is 4.68 Å². The molecule has 0 bridgehead atoms. The summed E-state index contributed by atoms with van der Waals surface area (Å²) in [6.45, 7) is 4.98. The lowest BCUT2D eigenvalue weighted by molar-refractivity contribution is 0.0855. The fourth-order valence-electron chi connectivity index (χ4n) is 1.68. The van der Waals surface area contributed by atoms with Crippen LogP contribution in [0, 0.1) is 0 Å². The smallest absolute Gasteiger partial charge is 0.149 e. The Morgan fingerprint density at radius 1 is 1.69 bits per heavy atom. The molecule has 0 aromatic carbocycles. The Hall–Kier alpha value is -1.03. The van der Waals surface area contributed by atoms with Crippen molar-refractivity contribution in [2.75, 3.05) is 0 Å². The molecule has 1 aromatic heterocycles. The van der Waals surface area contributed by atoms with E-state index >= 15 is 0 Å². The summed E-state index contributed by atoms with van der Waals surface area (Å²) in [5, 5.41) is 8.31. The third-order valence-electron chi connectivity index (χ3n) is 2.62. The Labute approximate surface area is 100 Å². The highest BCUT2D eigenvalue weighted by Gasteiger charge is 2.26. The molecule has 88 valence electrons. The van der Waals surface area contributed by atoms with Crippen molar-refractivity contribution in [1.82, 2.24) is 9.78 Å². The number of oxime groups is 1. The van der Waals surface area contributed by atoms with Gasteiger partial charge in [0, 0.05) is 24.7 Å². The van der Waals surface area contributed by atoms with Crippen LogP contribution in [0.3, 0.4) is 0 Å². The maximum atomic E-state index is 5.97. The second kappa shape index (κ2) is 4.87. The number of nitrogens with zero attached hydrogens (tertiary/aromatic N) is 3. The van der Waals surface area contributed by atoms with Crippen LogP contribution in [0.1, 0.15) is 32.3 Å². The van der Waals surface area contributed by atoms with Crippen LogP contribution < -0.4 is 0 Å². The molecule has 1 aliphatic rings. The minimum Gasteiger partial charge on any atom is -0.390 e. The zero-order valence-corrected chi connectivity index (χ0v) is 10.3. The Balaban J connectivity index is 2.03. The topological polar surface area (TPSA) is 39.4 Å². The highest BCUT2D eigenvalue weighted by Crippen LogP contribution is 2.21. The molecular weight excluding hydrogens is 226 g/mol. The summed E-state index contributed by atoms with van der Waals surface area (Å²) in [6, 6.07) is 0.